The van der Waals surface area contributed by atoms with E-state index in [9.17, 15) is 0 Å². The fourth-order valence-corrected chi connectivity index (χ4v) is 3.21. The third-order valence-corrected chi connectivity index (χ3v) is 4.11. The zero-order chi connectivity index (χ0) is 12.7. The molecule has 0 amide bonds. The van der Waals surface area contributed by atoms with Crippen molar-refractivity contribution in [2.45, 2.75) is 39.2 Å². The Balaban J connectivity index is 2.16. The molecule has 1 aromatic carbocycles. The second-order valence-electron chi connectivity index (χ2n) is 5.12. The van der Waals surface area contributed by atoms with Gasteiger partial charge in [-0.2, -0.15) is 0 Å². The minimum absolute atomic E-state index is 0.716. The molecule has 96 valence electrons. The van der Waals surface area contributed by atoms with Crippen molar-refractivity contribution in [2.24, 2.45) is 0 Å². The van der Waals surface area contributed by atoms with E-state index >= 15 is 0 Å². The molecule has 0 unspecified atom stereocenters. The first-order valence-electron chi connectivity index (χ1n) is 6.62. The van der Waals surface area contributed by atoms with Crippen LogP contribution >= 0.6 is 15.9 Å². The highest BCUT2D eigenvalue weighted by Gasteiger charge is 2.31. The van der Waals surface area contributed by atoms with E-state index in [2.05, 4.69) is 47.2 Å². The monoisotopic (exact) mass is 307 g/mol. The number of benzene rings is 1. The van der Waals surface area contributed by atoms with Crippen molar-refractivity contribution in [1.29, 1.82) is 0 Å². The molecule has 1 aliphatic carbocycles. The van der Waals surface area contributed by atoms with Gasteiger partial charge in [0.05, 0.1) is 11.0 Å². The van der Waals surface area contributed by atoms with E-state index in [-0.39, 0.29) is 0 Å². The van der Waals surface area contributed by atoms with E-state index in [0.717, 1.165) is 28.9 Å². The van der Waals surface area contributed by atoms with Crippen molar-refractivity contribution in [2.75, 3.05) is 6.54 Å². The Hall–Kier alpha value is -0.800. The number of furan rings is 1. The summed E-state index contributed by atoms with van der Waals surface area (Å²) in [5.74, 6) is 1.84. The zero-order valence-corrected chi connectivity index (χ0v) is 12.4. The van der Waals surface area contributed by atoms with Crippen molar-refractivity contribution in [1.82, 2.24) is 5.32 Å². The second kappa shape index (κ2) is 4.71. The number of fused-ring (bicyclic) bond motifs is 1. The van der Waals surface area contributed by atoms with E-state index < -0.39 is 0 Å². The molecule has 1 heterocycles. The van der Waals surface area contributed by atoms with Gasteiger partial charge < -0.3 is 9.73 Å². The molecule has 0 bridgehead atoms. The van der Waals surface area contributed by atoms with E-state index in [4.69, 9.17) is 4.42 Å². The molecule has 2 aromatic rings. The highest BCUT2D eigenvalue weighted by Crippen LogP contribution is 2.47. The highest BCUT2D eigenvalue weighted by atomic mass is 79.9. The lowest BCUT2D eigenvalue weighted by molar-refractivity contribution is 0.512. The average Bonchev–Trinajstić information content (AvgIpc) is 3.09. The lowest BCUT2D eigenvalue weighted by atomic mass is 10.0. The Morgan fingerprint density at radius 3 is 2.83 bits per heavy atom. The van der Waals surface area contributed by atoms with Gasteiger partial charge in [-0.15, -0.1) is 0 Å². The van der Waals surface area contributed by atoms with Crippen LogP contribution in [0.2, 0.25) is 0 Å². The van der Waals surface area contributed by atoms with Crippen LogP contribution in [-0.4, -0.2) is 6.54 Å². The average molecular weight is 308 g/mol. The fraction of sp³-hybridized carbons (Fsp3) is 0.467. The summed E-state index contributed by atoms with van der Waals surface area (Å²) in [5, 5.41) is 4.68. The Kier molecular flexibility index (Phi) is 3.20. The van der Waals surface area contributed by atoms with Gasteiger partial charge in [-0.3, -0.25) is 0 Å². The normalized spacial score (nSPS) is 15.5. The van der Waals surface area contributed by atoms with Crippen LogP contribution in [-0.2, 0) is 6.54 Å². The molecule has 0 radical (unpaired) electrons. The molecule has 3 heteroatoms. The predicted octanol–water partition coefficient (Wildman–Crippen LogP) is 4.49. The number of halogens is 1. The minimum atomic E-state index is 0.716. The number of nitrogens with one attached hydrogen (secondary N) is 1. The molecular weight excluding hydrogens is 290 g/mol. The topological polar surface area (TPSA) is 25.2 Å². The summed E-state index contributed by atoms with van der Waals surface area (Å²) in [4.78, 5) is 0. The zero-order valence-electron chi connectivity index (χ0n) is 10.8. The molecule has 0 atom stereocenters. The summed E-state index contributed by atoms with van der Waals surface area (Å²) in [6.07, 6.45) is 2.61. The quantitative estimate of drug-likeness (QED) is 0.900. The van der Waals surface area contributed by atoms with Gasteiger partial charge in [0.15, 0.2) is 0 Å². The molecule has 18 heavy (non-hydrogen) atoms. The third-order valence-electron chi connectivity index (χ3n) is 3.52. The van der Waals surface area contributed by atoms with Crippen molar-refractivity contribution < 1.29 is 4.42 Å². The van der Waals surface area contributed by atoms with Gasteiger partial charge in [0.2, 0.25) is 0 Å². The van der Waals surface area contributed by atoms with Gasteiger partial charge in [0, 0.05) is 10.9 Å². The molecule has 2 nitrogen and oxygen atoms in total. The largest absolute Gasteiger partial charge is 0.458 e. The fourth-order valence-electron chi connectivity index (χ4n) is 2.55. The summed E-state index contributed by atoms with van der Waals surface area (Å²) < 4.78 is 7.15. The molecule has 1 N–H and O–H groups in total. The van der Waals surface area contributed by atoms with Crippen molar-refractivity contribution in [3.8, 4) is 0 Å². The Bertz CT molecular complexity index is 584. The maximum absolute atomic E-state index is 6.08. The molecule has 1 fully saturated rings. The number of hydrogen-bond acceptors (Lipinski definition) is 2. The van der Waals surface area contributed by atoms with Crippen LogP contribution in [0.1, 0.15) is 42.6 Å². The standard InChI is InChI=1S/C15H18BrNO/c1-3-17-8-13-14(10-4-5-10)11-6-9(2)7-12(16)15(11)18-13/h6-7,10,17H,3-5,8H2,1-2H3. The van der Waals surface area contributed by atoms with Gasteiger partial charge in [-0.1, -0.05) is 6.92 Å². The van der Waals surface area contributed by atoms with E-state index in [1.54, 1.807) is 0 Å². The molecule has 1 aromatic heterocycles. The first-order valence-corrected chi connectivity index (χ1v) is 7.42. The van der Waals surface area contributed by atoms with Crippen LogP contribution in [0.4, 0.5) is 0 Å². The third kappa shape index (κ3) is 2.10. The first-order chi connectivity index (χ1) is 8.70. The maximum atomic E-state index is 6.08. The van der Waals surface area contributed by atoms with Gasteiger partial charge in [0.25, 0.3) is 0 Å². The molecule has 1 saturated carbocycles. The molecule has 3 rings (SSSR count). The summed E-state index contributed by atoms with van der Waals surface area (Å²) >= 11 is 3.62. The van der Waals surface area contributed by atoms with Crippen LogP contribution < -0.4 is 5.32 Å². The predicted molar refractivity (Wildman–Crippen MR) is 78.0 cm³/mol. The van der Waals surface area contributed by atoms with Gasteiger partial charge in [0.1, 0.15) is 11.3 Å². The smallest absolute Gasteiger partial charge is 0.148 e. The summed E-state index contributed by atoms with van der Waals surface area (Å²) in [7, 11) is 0. The molecule has 1 aliphatic rings. The van der Waals surface area contributed by atoms with Crippen molar-refractivity contribution in [3.05, 3.63) is 33.5 Å². The Morgan fingerprint density at radius 2 is 2.17 bits per heavy atom. The van der Waals surface area contributed by atoms with Gasteiger partial charge >= 0.3 is 0 Å². The summed E-state index contributed by atoms with van der Waals surface area (Å²) in [6.45, 7) is 6.07. The maximum Gasteiger partial charge on any atom is 0.148 e. The number of hydrogen-bond donors (Lipinski definition) is 1. The summed E-state index contributed by atoms with van der Waals surface area (Å²) in [5.41, 5.74) is 3.73. The van der Waals surface area contributed by atoms with E-state index in [1.807, 2.05) is 0 Å². The molecule has 0 aliphatic heterocycles. The first kappa shape index (κ1) is 12.2. The SMILES string of the molecule is CCNCc1oc2c(Br)cc(C)cc2c1C1CC1. The summed E-state index contributed by atoms with van der Waals surface area (Å²) in [6, 6.07) is 4.38. The molecule has 0 saturated heterocycles. The Labute approximate surface area is 116 Å². The van der Waals surface area contributed by atoms with Crippen molar-refractivity contribution in [3.63, 3.8) is 0 Å². The number of aryl methyl sites for hydroxylation is 1. The number of rotatable bonds is 4. The van der Waals surface area contributed by atoms with E-state index in [0.29, 0.717) is 5.92 Å². The van der Waals surface area contributed by atoms with Crippen LogP contribution in [0, 0.1) is 6.92 Å². The molecular formula is C15H18BrNO. The van der Waals surface area contributed by atoms with Gasteiger partial charge in [-0.25, -0.2) is 0 Å². The second-order valence-corrected chi connectivity index (χ2v) is 5.97. The lowest BCUT2D eigenvalue weighted by Gasteiger charge is -2.01. The Morgan fingerprint density at radius 1 is 1.39 bits per heavy atom. The van der Waals surface area contributed by atoms with Gasteiger partial charge in [-0.05, 0) is 65.9 Å². The minimum Gasteiger partial charge on any atom is -0.458 e. The lowest BCUT2D eigenvalue weighted by Crippen LogP contribution is -2.12. The van der Waals surface area contributed by atoms with Crippen LogP contribution in [0.3, 0.4) is 0 Å². The van der Waals surface area contributed by atoms with Crippen LogP contribution in [0.15, 0.2) is 21.0 Å². The highest BCUT2D eigenvalue weighted by molar-refractivity contribution is 9.10. The van der Waals surface area contributed by atoms with E-state index in [1.165, 1.54) is 29.4 Å². The molecule has 0 spiro atoms. The van der Waals surface area contributed by atoms with Crippen LogP contribution in [0.5, 0.6) is 0 Å². The van der Waals surface area contributed by atoms with Crippen LogP contribution in [0.25, 0.3) is 11.0 Å². The van der Waals surface area contributed by atoms with Crippen molar-refractivity contribution >= 4 is 26.9 Å².